The lowest BCUT2D eigenvalue weighted by Crippen LogP contribution is -2.02. The molecule has 0 saturated carbocycles. The van der Waals surface area contributed by atoms with Gasteiger partial charge in [0.1, 0.15) is 11.6 Å². The fraction of sp³-hybridized carbons (Fsp3) is 0.0345. The van der Waals surface area contributed by atoms with Gasteiger partial charge in [0.2, 0.25) is 0 Å². The number of imidazole rings is 1. The van der Waals surface area contributed by atoms with Gasteiger partial charge in [0.25, 0.3) is 0 Å². The largest absolute Gasteiger partial charge is 0.497 e. The Hall–Kier alpha value is -3.68. The molecule has 5 aromatic rings. The van der Waals surface area contributed by atoms with Crippen molar-refractivity contribution < 1.29 is 14.6 Å². The van der Waals surface area contributed by atoms with Crippen molar-refractivity contribution in [3.8, 4) is 45.3 Å². The van der Waals surface area contributed by atoms with Crippen LogP contribution in [-0.4, -0.2) is 27.7 Å². The number of methoxy groups -OCH3 is 1. The first-order chi connectivity index (χ1) is 17.4. The Kier molecular flexibility index (Phi) is 6.76. The van der Waals surface area contributed by atoms with Crippen molar-refractivity contribution in [3.05, 3.63) is 112 Å². The average molecular weight is 604 g/mol. The molecule has 4 aromatic carbocycles. The molecule has 5 rings (SSSR count). The Balaban J connectivity index is 1.86. The summed E-state index contributed by atoms with van der Waals surface area (Å²) in [5.74, 6) is 0.511. The lowest BCUT2D eigenvalue weighted by Gasteiger charge is -2.14. The van der Waals surface area contributed by atoms with Crippen LogP contribution in [0.1, 0.15) is 10.4 Å². The van der Waals surface area contributed by atoms with Crippen LogP contribution in [0.5, 0.6) is 5.75 Å². The van der Waals surface area contributed by atoms with E-state index in [1.807, 2.05) is 78.9 Å². The van der Waals surface area contributed by atoms with Crippen molar-refractivity contribution in [1.29, 1.82) is 0 Å². The van der Waals surface area contributed by atoms with Gasteiger partial charge in [0.15, 0.2) is 0 Å². The number of carboxylic acid groups (broad SMARTS) is 1. The first kappa shape index (κ1) is 24.0. The SMILES string of the molecule is COc1ccc(-c2nc(-c3cccc(Br)c3)c(-c3cccc(Br)c3)n2-c2ccc(C(=O)O)cc2)cc1. The minimum atomic E-state index is -0.968. The molecular formula is C29H20Br2N2O3. The van der Waals surface area contributed by atoms with Gasteiger partial charge in [-0.1, -0.05) is 56.1 Å². The van der Waals surface area contributed by atoms with E-state index in [2.05, 4.69) is 42.5 Å². The lowest BCUT2D eigenvalue weighted by atomic mass is 10.0. The van der Waals surface area contributed by atoms with Crippen LogP contribution in [0.25, 0.3) is 39.6 Å². The molecule has 0 unspecified atom stereocenters. The lowest BCUT2D eigenvalue weighted by molar-refractivity contribution is 0.0697. The summed E-state index contributed by atoms with van der Waals surface area (Å²) in [6, 6.07) is 30.7. The third-order valence-corrected chi connectivity index (χ3v) is 6.78. The summed E-state index contributed by atoms with van der Waals surface area (Å²) < 4.78 is 9.33. The van der Waals surface area contributed by atoms with Crippen LogP contribution in [0.15, 0.2) is 106 Å². The second-order valence-electron chi connectivity index (χ2n) is 8.07. The maximum absolute atomic E-state index is 11.5. The summed E-state index contributed by atoms with van der Waals surface area (Å²) >= 11 is 7.20. The molecule has 0 radical (unpaired) electrons. The number of aromatic carboxylic acids is 1. The molecule has 0 fully saturated rings. The van der Waals surface area contributed by atoms with Gasteiger partial charge in [0, 0.05) is 31.3 Å². The Bertz CT molecular complexity index is 1560. The van der Waals surface area contributed by atoms with Crippen LogP contribution in [0.2, 0.25) is 0 Å². The molecule has 0 saturated heterocycles. The van der Waals surface area contributed by atoms with E-state index >= 15 is 0 Å². The van der Waals surface area contributed by atoms with Crippen LogP contribution < -0.4 is 4.74 Å². The molecule has 5 nitrogen and oxygen atoms in total. The number of benzene rings is 4. The Morgan fingerprint density at radius 1 is 0.806 bits per heavy atom. The van der Waals surface area contributed by atoms with E-state index in [1.54, 1.807) is 19.2 Å². The summed E-state index contributed by atoms with van der Waals surface area (Å²) in [6.45, 7) is 0. The highest BCUT2D eigenvalue weighted by atomic mass is 79.9. The predicted molar refractivity (Wildman–Crippen MR) is 149 cm³/mol. The van der Waals surface area contributed by atoms with Gasteiger partial charge in [-0.15, -0.1) is 0 Å². The van der Waals surface area contributed by atoms with E-state index < -0.39 is 5.97 Å². The summed E-state index contributed by atoms with van der Waals surface area (Å²) in [5.41, 5.74) is 5.54. The average Bonchev–Trinajstić information content (AvgIpc) is 3.29. The molecule has 178 valence electrons. The molecule has 36 heavy (non-hydrogen) atoms. The Labute approximate surface area is 225 Å². The van der Waals surface area contributed by atoms with Gasteiger partial charge < -0.3 is 9.84 Å². The second kappa shape index (κ2) is 10.1. The van der Waals surface area contributed by atoms with Crippen molar-refractivity contribution in [2.24, 2.45) is 0 Å². The monoisotopic (exact) mass is 602 g/mol. The minimum absolute atomic E-state index is 0.223. The summed E-state index contributed by atoms with van der Waals surface area (Å²) in [4.78, 5) is 16.7. The third-order valence-electron chi connectivity index (χ3n) is 5.79. The Morgan fingerprint density at radius 2 is 1.42 bits per heavy atom. The quantitative estimate of drug-likeness (QED) is 0.213. The van der Waals surface area contributed by atoms with Gasteiger partial charge >= 0.3 is 5.97 Å². The fourth-order valence-electron chi connectivity index (χ4n) is 4.10. The van der Waals surface area contributed by atoms with Gasteiger partial charge in [-0.2, -0.15) is 0 Å². The highest BCUT2D eigenvalue weighted by Crippen LogP contribution is 2.40. The number of rotatable bonds is 6. The highest BCUT2D eigenvalue weighted by molar-refractivity contribution is 9.10. The maximum Gasteiger partial charge on any atom is 0.335 e. The molecule has 0 aliphatic heterocycles. The van der Waals surface area contributed by atoms with E-state index in [-0.39, 0.29) is 5.56 Å². The summed E-state index contributed by atoms with van der Waals surface area (Å²) in [7, 11) is 1.64. The van der Waals surface area contributed by atoms with Crippen molar-refractivity contribution >= 4 is 37.8 Å². The minimum Gasteiger partial charge on any atom is -0.497 e. The first-order valence-corrected chi connectivity index (χ1v) is 12.7. The maximum atomic E-state index is 11.5. The van der Waals surface area contributed by atoms with Crippen molar-refractivity contribution in [2.45, 2.75) is 0 Å². The number of ether oxygens (including phenoxy) is 1. The summed E-state index contributed by atoms with van der Waals surface area (Å²) in [5, 5.41) is 9.43. The zero-order valence-corrected chi connectivity index (χ0v) is 22.3. The molecule has 0 amide bonds. The summed E-state index contributed by atoms with van der Waals surface area (Å²) in [6.07, 6.45) is 0. The Morgan fingerprint density at radius 3 is 2.00 bits per heavy atom. The van der Waals surface area contributed by atoms with Crippen LogP contribution in [0.3, 0.4) is 0 Å². The number of carboxylic acids is 1. The van der Waals surface area contributed by atoms with Crippen LogP contribution >= 0.6 is 31.9 Å². The van der Waals surface area contributed by atoms with Crippen molar-refractivity contribution in [3.63, 3.8) is 0 Å². The third kappa shape index (κ3) is 4.72. The van der Waals surface area contributed by atoms with E-state index in [1.165, 1.54) is 0 Å². The van der Waals surface area contributed by atoms with Gasteiger partial charge in [-0.05, 0) is 72.8 Å². The molecule has 0 aliphatic rings. The van der Waals surface area contributed by atoms with Gasteiger partial charge in [-0.25, -0.2) is 9.78 Å². The van der Waals surface area contributed by atoms with E-state index in [0.717, 1.165) is 54.3 Å². The zero-order valence-electron chi connectivity index (χ0n) is 19.2. The number of hydrogen-bond acceptors (Lipinski definition) is 3. The first-order valence-electron chi connectivity index (χ1n) is 11.1. The smallest absolute Gasteiger partial charge is 0.335 e. The molecule has 1 aromatic heterocycles. The molecule has 1 heterocycles. The molecule has 0 bridgehead atoms. The normalized spacial score (nSPS) is 10.9. The zero-order chi connectivity index (χ0) is 25.2. The molecule has 7 heteroatoms. The standard InChI is InChI=1S/C29H20Br2N2O3/c1-36-25-14-10-18(11-15-25)28-32-26(20-4-2-6-22(30)16-20)27(21-5-3-7-23(31)17-21)33(28)24-12-8-19(9-13-24)29(34)35/h2-17H,1H3,(H,34,35). The second-order valence-corrected chi connectivity index (χ2v) is 9.90. The van der Waals surface area contributed by atoms with Gasteiger partial charge in [0.05, 0.1) is 24.1 Å². The number of halogens is 2. The molecule has 0 atom stereocenters. The predicted octanol–water partition coefficient (Wildman–Crippen LogP) is 8.11. The fourth-order valence-corrected chi connectivity index (χ4v) is 4.90. The molecule has 0 aliphatic carbocycles. The van der Waals surface area contributed by atoms with E-state index in [9.17, 15) is 9.90 Å². The van der Waals surface area contributed by atoms with E-state index in [4.69, 9.17) is 9.72 Å². The molecule has 0 spiro atoms. The highest BCUT2D eigenvalue weighted by Gasteiger charge is 2.23. The van der Waals surface area contributed by atoms with E-state index in [0.29, 0.717) is 0 Å². The van der Waals surface area contributed by atoms with Gasteiger partial charge in [-0.3, -0.25) is 4.57 Å². The van der Waals surface area contributed by atoms with Crippen LogP contribution in [-0.2, 0) is 0 Å². The topological polar surface area (TPSA) is 64.4 Å². The van der Waals surface area contributed by atoms with Crippen molar-refractivity contribution in [1.82, 2.24) is 9.55 Å². The number of nitrogens with zero attached hydrogens (tertiary/aromatic N) is 2. The van der Waals surface area contributed by atoms with Crippen molar-refractivity contribution in [2.75, 3.05) is 7.11 Å². The van der Waals surface area contributed by atoms with Crippen LogP contribution in [0.4, 0.5) is 0 Å². The number of carbonyl (C=O) groups is 1. The number of aromatic nitrogens is 2. The number of hydrogen-bond donors (Lipinski definition) is 1. The molecule has 1 N–H and O–H groups in total. The van der Waals surface area contributed by atoms with Crippen LogP contribution in [0, 0.1) is 0 Å². The molecular weight excluding hydrogens is 584 g/mol.